The smallest absolute Gasteiger partial charge is 0.0631 e. The molecule has 2 aromatic carbocycles. The van der Waals surface area contributed by atoms with E-state index in [0.717, 1.165) is 0 Å². The van der Waals surface area contributed by atoms with E-state index in [1.165, 1.54) is 22.3 Å². The summed E-state index contributed by atoms with van der Waals surface area (Å²) in [7, 11) is -1.01. The van der Waals surface area contributed by atoms with Gasteiger partial charge in [-0.1, -0.05) is 101 Å². The lowest BCUT2D eigenvalue weighted by atomic mass is 9.89. The third kappa shape index (κ3) is 5.35. The van der Waals surface area contributed by atoms with Crippen LogP contribution in [0.1, 0.15) is 74.3 Å². The van der Waals surface area contributed by atoms with Crippen molar-refractivity contribution in [3.05, 3.63) is 70.8 Å². The molecule has 0 radical (unpaired) electrons. The molecule has 0 aliphatic rings. The van der Waals surface area contributed by atoms with Gasteiger partial charge in [0.15, 0.2) is 0 Å². The number of rotatable bonds is 8. The van der Waals surface area contributed by atoms with Gasteiger partial charge in [0.25, 0.3) is 0 Å². The first-order chi connectivity index (χ1) is 13.1. The summed E-state index contributed by atoms with van der Waals surface area (Å²) in [6.45, 7) is 17.7. The van der Waals surface area contributed by atoms with Gasteiger partial charge < -0.3 is 0 Å². The van der Waals surface area contributed by atoms with Gasteiger partial charge in [0.05, 0.1) is 10.5 Å². The summed E-state index contributed by atoms with van der Waals surface area (Å²) in [5.74, 6) is 1.64. The molecule has 1 nitrogen and oxygen atoms in total. The second kappa shape index (κ2) is 9.87. The highest BCUT2D eigenvalue weighted by Gasteiger charge is 2.36. The van der Waals surface area contributed by atoms with Crippen molar-refractivity contribution < 1.29 is 4.21 Å². The van der Waals surface area contributed by atoms with Crippen LogP contribution in [-0.2, 0) is 10.8 Å². The maximum atomic E-state index is 14.2. The number of aryl methyl sites for hydroxylation is 2. The average molecular weight is 399 g/mol. The van der Waals surface area contributed by atoms with Crippen LogP contribution in [0, 0.1) is 37.5 Å². The minimum atomic E-state index is -1.01. The SMILES string of the molecule is Cc1ccc([C@H]([C@@H](C)C(C)C)S(=O)[C@H](c2ccc(C)cc2)[C@@H](C)C(C)C)cc1. The highest BCUT2D eigenvalue weighted by molar-refractivity contribution is 7.85. The summed E-state index contributed by atoms with van der Waals surface area (Å²) in [5.41, 5.74) is 4.91. The zero-order valence-electron chi connectivity index (χ0n) is 18.9. The Morgan fingerprint density at radius 2 is 0.857 bits per heavy atom. The molecule has 0 fully saturated rings. The summed E-state index contributed by atoms with van der Waals surface area (Å²) in [4.78, 5) is 0. The Hall–Kier alpha value is -1.41. The molecule has 2 aromatic rings. The van der Waals surface area contributed by atoms with E-state index in [1.807, 2.05) is 0 Å². The van der Waals surface area contributed by atoms with Gasteiger partial charge in [-0.15, -0.1) is 0 Å². The van der Waals surface area contributed by atoms with E-state index in [2.05, 4.69) is 104 Å². The average Bonchev–Trinajstić information content (AvgIpc) is 2.65. The minimum Gasteiger partial charge on any atom is -0.258 e. The topological polar surface area (TPSA) is 17.1 Å². The molecule has 0 amide bonds. The Balaban J connectivity index is 2.55. The van der Waals surface area contributed by atoms with Crippen molar-refractivity contribution in [3.63, 3.8) is 0 Å². The summed E-state index contributed by atoms with van der Waals surface area (Å²) in [5, 5.41) is 0.0706. The standard InChI is InChI=1S/C26H38OS/c1-17(2)21(7)25(23-13-9-19(5)10-14-23)28(27)26(22(8)18(3)4)24-15-11-20(6)12-16-24/h9-18,21-22,25-26H,1-8H3/t21-,22-,25-,26-/m0/s1. The quantitative estimate of drug-likeness (QED) is 0.452. The Morgan fingerprint density at radius 3 is 1.11 bits per heavy atom. The van der Waals surface area contributed by atoms with Gasteiger partial charge in [0, 0.05) is 10.8 Å². The number of benzene rings is 2. The first-order valence-electron chi connectivity index (χ1n) is 10.7. The number of hydrogen-bond acceptors (Lipinski definition) is 1. The zero-order chi connectivity index (χ0) is 21.0. The molecule has 0 saturated heterocycles. The molecule has 0 spiro atoms. The van der Waals surface area contributed by atoms with Gasteiger partial charge in [-0.25, -0.2) is 0 Å². The molecule has 0 heterocycles. The number of hydrogen-bond donors (Lipinski definition) is 0. The Kier molecular flexibility index (Phi) is 8.07. The first-order valence-corrected chi connectivity index (χ1v) is 11.9. The second-order valence-electron chi connectivity index (χ2n) is 9.20. The molecule has 28 heavy (non-hydrogen) atoms. The van der Waals surface area contributed by atoms with Gasteiger partial charge >= 0.3 is 0 Å². The van der Waals surface area contributed by atoms with Crippen molar-refractivity contribution in [2.24, 2.45) is 23.7 Å². The van der Waals surface area contributed by atoms with Crippen LogP contribution in [0.3, 0.4) is 0 Å². The molecular formula is C26H38OS. The van der Waals surface area contributed by atoms with Crippen molar-refractivity contribution in [2.75, 3.05) is 0 Å². The van der Waals surface area contributed by atoms with E-state index >= 15 is 0 Å². The van der Waals surface area contributed by atoms with Crippen molar-refractivity contribution in [3.8, 4) is 0 Å². The third-order valence-corrected chi connectivity index (χ3v) is 8.77. The van der Waals surface area contributed by atoms with Gasteiger partial charge in [-0.3, -0.25) is 4.21 Å². The molecular weight excluding hydrogens is 360 g/mol. The van der Waals surface area contributed by atoms with Crippen LogP contribution in [0.15, 0.2) is 48.5 Å². The van der Waals surface area contributed by atoms with Gasteiger partial charge in [-0.2, -0.15) is 0 Å². The third-order valence-electron chi connectivity index (χ3n) is 6.37. The van der Waals surface area contributed by atoms with Crippen LogP contribution < -0.4 is 0 Å². The monoisotopic (exact) mass is 398 g/mol. The van der Waals surface area contributed by atoms with Gasteiger partial charge in [0.2, 0.25) is 0 Å². The zero-order valence-corrected chi connectivity index (χ0v) is 19.7. The fourth-order valence-corrected chi connectivity index (χ4v) is 6.31. The van der Waals surface area contributed by atoms with Crippen molar-refractivity contribution in [1.29, 1.82) is 0 Å². The van der Waals surface area contributed by atoms with Crippen LogP contribution in [-0.4, -0.2) is 4.21 Å². The lowest BCUT2D eigenvalue weighted by molar-refractivity contribution is 0.382. The molecule has 0 aliphatic carbocycles. The summed E-state index contributed by atoms with van der Waals surface area (Å²) < 4.78 is 14.2. The predicted octanol–water partition coefficient (Wildman–Crippen LogP) is 7.42. The van der Waals surface area contributed by atoms with Crippen LogP contribution in [0.2, 0.25) is 0 Å². The molecule has 2 heteroatoms. The van der Waals surface area contributed by atoms with Crippen LogP contribution in [0.25, 0.3) is 0 Å². The molecule has 0 saturated carbocycles. The van der Waals surface area contributed by atoms with Crippen molar-refractivity contribution in [2.45, 2.75) is 65.9 Å². The van der Waals surface area contributed by atoms with E-state index in [4.69, 9.17) is 0 Å². The first kappa shape index (κ1) is 22.9. The molecule has 0 aliphatic heterocycles. The van der Waals surface area contributed by atoms with Gasteiger partial charge in [0.1, 0.15) is 0 Å². The maximum absolute atomic E-state index is 14.2. The maximum Gasteiger partial charge on any atom is 0.0631 e. The van der Waals surface area contributed by atoms with Crippen LogP contribution in [0.4, 0.5) is 0 Å². The fraction of sp³-hybridized carbons (Fsp3) is 0.538. The highest BCUT2D eigenvalue weighted by atomic mass is 32.2. The molecule has 0 aromatic heterocycles. The summed E-state index contributed by atoms with van der Waals surface area (Å²) in [6.07, 6.45) is 0. The Bertz CT molecular complexity index is 693. The van der Waals surface area contributed by atoms with E-state index in [1.54, 1.807) is 0 Å². The normalized spacial score (nSPS) is 16.4. The van der Waals surface area contributed by atoms with E-state index in [9.17, 15) is 4.21 Å². The molecule has 0 N–H and O–H groups in total. The minimum absolute atomic E-state index is 0.0353. The summed E-state index contributed by atoms with van der Waals surface area (Å²) in [6, 6.07) is 17.3. The van der Waals surface area contributed by atoms with E-state index < -0.39 is 10.8 Å². The lowest BCUT2D eigenvalue weighted by Crippen LogP contribution is -2.28. The molecule has 0 unspecified atom stereocenters. The highest BCUT2D eigenvalue weighted by Crippen LogP contribution is 2.43. The lowest BCUT2D eigenvalue weighted by Gasteiger charge is -2.34. The van der Waals surface area contributed by atoms with Crippen molar-refractivity contribution >= 4 is 10.8 Å². The Morgan fingerprint density at radius 1 is 0.571 bits per heavy atom. The van der Waals surface area contributed by atoms with Gasteiger partial charge in [-0.05, 0) is 48.6 Å². The second-order valence-corrected chi connectivity index (χ2v) is 10.9. The summed E-state index contributed by atoms with van der Waals surface area (Å²) >= 11 is 0. The molecule has 2 rings (SSSR count). The fourth-order valence-electron chi connectivity index (χ4n) is 3.67. The van der Waals surface area contributed by atoms with E-state index in [0.29, 0.717) is 23.7 Å². The van der Waals surface area contributed by atoms with Crippen LogP contribution in [0.5, 0.6) is 0 Å². The molecule has 4 atom stereocenters. The molecule has 0 bridgehead atoms. The Labute approximate surface area is 175 Å². The largest absolute Gasteiger partial charge is 0.258 e. The van der Waals surface area contributed by atoms with Crippen LogP contribution >= 0.6 is 0 Å². The predicted molar refractivity (Wildman–Crippen MR) is 124 cm³/mol. The van der Waals surface area contributed by atoms with Crippen molar-refractivity contribution in [1.82, 2.24) is 0 Å². The van der Waals surface area contributed by atoms with E-state index in [-0.39, 0.29) is 10.5 Å². The molecule has 154 valence electrons.